The van der Waals surface area contributed by atoms with Crippen LogP contribution in [0.15, 0.2) is 48.5 Å². The summed E-state index contributed by atoms with van der Waals surface area (Å²) in [6.45, 7) is 5.88. The quantitative estimate of drug-likeness (QED) is 0.862. The SMILES string of the molecule is Cc1ccc(NC(=O)[C@H](C)N[C@@H](C)c2cccc(Cl)c2)cc1. The maximum absolute atomic E-state index is 12.2. The van der Waals surface area contributed by atoms with Crippen LogP contribution in [-0.2, 0) is 4.79 Å². The number of carbonyl (C=O) groups excluding carboxylic acids is 1. The first kappa shape index (κ1) is 16.5. The summed E-state index contributed by atoms with van der Waals surface area (Å²) in [4.78, 5) is 12.2. The fraction of sp³-hybridized carbons (Fsp3) is 0.278. The monoisotopic (exact) mass is 316 g/mol. The van der Waals surface area contributed by atoms with Gasteiger partial charge in [-0.15, -0.1) is 0 Å². The summed E-state index contributed by atoms with van der Waals surface area (Å²) in [5.41, 5.74) is 3.03. The van der Waals surface area contributed by atoms with Crippen LogP contribution in [-0.4, -0.2) is 11.9 Å². The van der Waals surface area contributed by atoms with Crippen LogP contribution in [0, 0.1) is 6.92 Å². The van der Waals surface area contributed by atoms with Crippen molar-refractivity contribution >= 4 is 23.2 Å². The number of hydrogen-bond donors (Lipinski definition) is 2. The predicted octanol–water partition coefficient (Wildman–Crippen LogP) is 4.33. The topological polar surface area (TPSA) is 41.1 Å². The number of amides is 1. The van der Waals surface area contributed by atoms with Gasteiger partial charge >= 0.3 is 0 Å². The third kappa shape index (κ3) is 4.58. The lowest BCUT2D eigenvalue weighted by molar-refractivity contribution is -0.117. The standard InChI is InChI=1S/C18H21ClN2O/c1-12-7-9-17(10-8-12)21-18(22)14(3)20-13(2)15-5-4-6-16(19)11-15/h4-11,13-14,20H,1-3H3,(H,21,22)/t13-,14-/m0/s1. The van der Waals surface area contributed by atoms with E-state index in [2.05, 4.69) is 10.6 Å². The Morgan fingerprint density at radius 3 is 2.41 bits per heavy atom. The molecular formula is C18H21ClN2O. The highest BCUT2D eigenvalue weighted by Crippen LogP contribution is 2.18. The van der Waals surface area contributed by atoms with E-state index in [1.54, 1.807) is 0 Å². The van der Waals surface area contributed by atoms with E-state index in [1.165, 1.54) is 5.56 Å². The van der Waals surface area contributed by atoms with E-state index in [0.29, 0.717) is 5.02 Å². The van der Waals surface area contributed by atoms with Gasteiger partial charge in [-0.1, -0.05) is 41.4 Å². The van der Waals surface area contributed by atoms with E-state index in [-0.39, 0.29) is 18.0 Å². The van der Waals surface area contributed by atoms with Crippen molar-refractivity contribution < 1.29 is 4.79 Å². The molecule has 4 heteroatoms. The average molecular weight is 317 g/mol. The lowest BCUT2D eigenvalue weighted by atomic mass is 10.1. The molecule has 0 saturated carbocycles. The van der Waals surface area contributed by atoms with Gasteiger partial charge in [0, 0.05) is 16.8 Å². The minimum absolute atomic E-state index is 0.0393. The summed E-state index contributed by atoms with van der Waals surface area (Å²) < 4.78 is 0. The fourth-order valence-electron chi connectivity index (χ4n) is 2.21. The number of anilines is 1. The molecule has 0 bridgehead atoms. The van der Waals surface area contributed by atoms with E-state index in [0.717, 1.165) is 11.3 Å². The van der Waals surface area contributed by atoms with Gasteiger partial charge in [-0.2, -0.15) is 0 Å². The van der Waals surface area contributed by atoms with Crippen molar-refractivity contribution in [3.05, 3.63) is 64.7 Å². The summed E-state index contributed by atoms with van der Waals surface area (Å²) in [6.07, 6.45) is 0. The molecule has 3 nitrogen and oxygen atoms in total. The first-order chi connectivity index (χ1) is 10.5. The molecule has 0 radical (unpaired) electrons. The van der Waals surface area contributed by atoms with E-state index in [4.69, 9.17) is 11.6 Å². The van der Waals surface area contributed by atoms with Crippen LogP contribution in [0.2, 0.25) is 5.02 Å². The second-order valence-corrected chi connectivity index (χ2v) is 5.96. The van der Waals surface area contributed by atoms with E-state index < -0.39 is 0 Å². The summed E-state index contributed by atoms with van der Waals surface area (Å²) in [5, 5.41) is 6.89. The Hall–Kier alpha value is -1.84. The highest BCUT2D eigenvalue weighted by molar-refractivity contribution is 6.30. The van der Waals surface area contributed by atoms with Gasteiger partial charge in [-0.3, -0.25) is 10.1 Å². The molecule has 0 aliphatic carbocycles. The number of nitrogens with one attached hydrogen (secondary N) is 2. The first-order valence-corrected chi connectivity index (χ1v) is 7.72. The Balaban J connectivity index is 1.94. The number of halogens is 1. The number of carbonyl (C=O) groups is 1. The zero-order valence-corrected chi connectivity index (χ0v) is 13.8. The van der Waals surface area contributed by atoms with Crippen LogP contribution >= 0.6 is 11.6 Å². The molecule has 0 aromatic heterocycles. The Labute approximate surface area is 136 Å². The molecule has 0 heterocycles. The largest absolute Gasteiger partial charge is 0.325 e. The fourth-order valence-corrected chi connectivity index (χ4v) is 2.41. The Bertz CT molecular complexity index is 640. The highest BCUT2D eigenvalue weighted by atomic mass is 35.5. The van der Waals surface area contributed by atoms with Gasteiger partial charge in [0.2, 0.25) is 5.91 Å². The summed E-state index contributed by atoms with van der Waals surface area (Å²) >= 11 is 6.00. The molecule has 1 amide bonds. The van der Waals surface area contributed by atoms with Crippen LogP contribution in [0.25, 0.3) is 0 Å². The van der Waals surface area contributed by atoms with Gasteiger partial charge in [0.25, 0.3) is 0 Å². The molecule has 0 saturated heterocycles. The zero-order valence-electron chi connectivity index (χ0n) is 13.1. The van der Waals surface area contributed by atoms with Crippen LogP contribution in [0.3, 0.4) is 0 Å². The van der Waals surface area contributed by atoms with Crippen molar-refractivity contribution in [3.63, 3.8) is 0 Å². The average Bonchev–Trinajstić information content (AvgIpc) is 2.49. The minimum Gasteiger partial charge on any atom is -0.325 e. The molecule has 2 atom stereocenters. The van der Waals surface area contributed by atoms with E-state index in [9.17, 15) is 4.79 Å². The molecule has 22 heavy (non-hydrogen) atoms. The smallest absolute Gasteiger partial charge is 0.241 e. The first-order valence-electron chi connectivity index (χ1n) is 7.35. The van der Waals surface area contributed by atoms with Crippen molar-refractivity contribution in [1.82, 2.24) is 5.32 Å². The van der Waals surface area contributed by atoms with Crippen molar-refractivity contribution in [2.24, 2.45) is 0 Å². The predicted molar refractivity (Wildman–Crippen MR) is 92.3 cm³/mol. The zero-order chi connectivity index (χ0) is 16.1. The summed E-state index contributed by atoms with van der Waals surface area (Å²) in [5.74, 6) is -0.0577. The van der Waals surface area contributed by atoms with Gasteiger partial charge in [0.15, 0.2) is 0 Å². The molecule has 0 fully saturated rings. The number of rotatable bonds is 5. The molecule has 0 aliphatic rings. The summed E-state index contributed by atoms with van der Waals surface area (Å²) in [7, 11) is 0. The molecule has 2 N–H and O–H groups in total. The third-order valence-electron chi connectivity index (χ3n) is 3.56. The Morgan fingerprint density at radius 2 is 1.77 bits per heavy atom. The van der Waals surface area contributed by atoms with Crippen LogP contribution in [0.4, 0.5) is 5.69 Å². The highest BCUT2D eigenvalue weighted by Gasteiger charge is 2.16. The Morgan fingerprint density at radius 1 is 1.09 bits per heavy atom. The van der Waals surface area contributed by atoms with Crippen LogP contribution in [0.5, 0.6) is 0 Å². The van der Waals surface area contributed by atoms with Gasteiger partial charge in [-0.25, -0.2) is 0 Å². The molecule has 2 rings (SSSR count). The van der Waals surface area contributed by atoms with E-state index in [1.807, 2.05) is 69.3 Å². The van der Waals surface area contributed by atoms with Crippen molar-refractivity contribution in [2.45, 2.75) is 32.9 Å². The van der Waals surface area contributed by atoms with Gasteiger partial charge < -0.3 is 5.32 Å². The van der Waals surface area contributed by atoms with Crippen LogP contribution in [0.1, 0.15) is 31.0 Å². The van der Waals surface area contributed by atoms with Gasteiger partial charge in [0.05, 0.1) is 6.04 Å². The number of hydrogen-bond acceptors (Lipinski definition) is 2. The molecule has 2 aromatic rings. The maximum atomic E-state index is 12.2. The summed E-state index contributed by atoms with van der Waals surface area (Å²) in [6, 6.07) is 15.1. The number of benzene rings is 2. The third-order valence-corrected chi connectivity index (χ3v) is 3.80. The van der Waals surface area contributed by atoms with Gasteiger partial charge in [-0.05, 0) is 50.6 Å². The Kier molecular flexibility index (Phi) is 5.58. The number of aryl methyl sites for hydroxylation is 1. The van der Waals surface area contributed by atoms with Crippen molar-refractivity contribution in [1.29, 1.82) is 0 Å². The maximum Gasteiger partial charge on any atom is 0.241 e. The molecule has 0 spiro atoms. The minimum atomic E-state index is -0.310. The lowest BCUT2D eigenvalue weighted by Gasteiger charge is -2.20. The lowest BCUT2D eigenvalue weighted by Crippen LogP contribution is -2.39. The van der Waals surface area contributed by atoms with Gasteiger partial charge in [0.1, 0.15) is 0 Å². The molecule has 0 aliphatic heterocycles. The second-order valence-electron chi connectivity index (χ2n) is 5.52. The normalized spacial score (nSPS) is 13.5. The molecular weight excluding hydrogens is 296 g/mol. The van der Waals surface area contributed by atoms with E-state index >= 15 is 0 Å². The molecule has 2 aromatic carbocycles. The van der Waals surface area contributed by atoms with Crippen LogP contribution < -0.4 is 10.6 Å². The second kappa shape index (κ2) is 7.43. The molecule has 116 valence electrons. The van der Waals surface area contributed by atoms with Crippen molar-refractivity contribution in [3.8, 4) is 0 Å². The van der Waals surface area contributed by atoms with Crippen molar-refractivity contribution in [2.75, 3.05) is 5.32 Å². The molecule has 0 unspecified atom stereocenters.